The van der Waals surface area contributed by atoms with E-state index in [0.29, 0.717) is 0 Å². The molecule has 0 spiro atoms. The first kappa shape index (κ1) is 18.6. The van der Waals surface area contributed by atoms with Crippen molar-refractivity contribution in [2.45, 2.75) is 32.5 Å². The standard InChI is InChI=1S/C22H29N3O/c1-18(21-11-7-4-8-12-21)23-22(26)19(2)25-15-13-24(14-16-25)17-20-9-5-3-6-10-20/h3-12,18-19H,13-17H2,1-2H3,(H,23,26)/t18-,19-/m0/s1. The maximum atomic E-state index is 12.6. The van der Waals surface area contributed by atoms with E-state index in [9.17, 15) is 4.79 Å². The monoisotopic (exact) mass is 351 g/mol. The van der Waals surface area contributed by atoms with E-state index in [4.69, 9.17) is 0 Å². The quantitative estimate of drug-likeness (QED) is 0.869. The summed E-state index contributed by atoms with van der Waals surface area (Å²) in [5.41, 5.74) is 2.49. The molecule has 1 aliphatic heterocycles. The Hall–Kier alpha value is -2.17. The van der Waals surface area contributed by atoms with E-state index in [-0.39, 0.29) is 18.0 Å². The lowest BCUT2D eigenvalue weighted by Gasteiger charge is -2.37. The van der Waals surface area contributed by atoms with Crippen LogP contribution in [0.25, 0.3) is 0 Å². The zero-order valence-electron chi connectivity index (χ0n) is 15.8. The molecule has 4 heteroatoms. The van der Waals surface area contributed by atoms with Crippen LogP contribution in [0.4, 0.5) is 0 Å². The van der Waals surface area contributed by atoms with Crippen LogP contribution < -0.4 is 5.32 Å². The van der Waals surface area contributed by atoms with Gasteiger partial charge in [-0.15, -0.1) is 0 Å². The summed E-state index contributed by atoms with van der Waals surface area (Å²) in [6, 6.07) is 20.6. The van der Waals surface area contributed by atoms with E-state index in [1.54, 1.807) is 0 Å². The van der Waals surface area contributed by atoms with Crippen LogP contribution in [0.3, 0.4) is 0 Å². The molecule has 2 aromatic rings. The Balaban J connectivity index is 1.47. The largest absolute Gasteiger partial charge is 0.348 e. The van der Waals surface area contributed by atoms with E-state index in [1.807, 2.05) is 32.0 Å². The van der Waals surface area contributed by atoms with Gasteiger partial charge >= 0.3 is 0 Å². The van der Waals surface area contributed by atoms with Crippen molar-refractivity contribution in [3.05, 3.63) is 71.8 Å². The number of hydrogen-bond donors (Lipinski definition) is 1. The molecule has 0 saturated carbocycles. The molecule has 4 nitrogen and oxygen atoms in total. The number of nitrogens with zero attached hydrogens (tertiary/aromatic N) is 2. The van der Waals surface area contributed by atoms with Crippen LogP contribution in [0.2, 0.25) is 0 Å². The molecule has 0 aliphatic carbocycles. The lowest BCUT2D eigenvalue weighted by Crippen LogP contribution is -2.53. The zero-order chi connectivity index (χ0) is 18.4. The van der Waals surface area contributed by atoms with Crippen molar-refractivity contribution < 1.29 is 4.79 Å². The number of hydrogen-bond acceptors (Lipinski definition) is 3. The van der Waals surface area contributed by atoms with Crippen LogP contribution in [0, 0.1) is 0 Å². The van der Waals surface area contributed by atoms with Gasteiger partial charge in [0.15, 0.2) is 0 Å². The molecular weight excluding hydrogens is 322 g/mol. The number of amides is 1. The van der Waals surface area contributed by atoms with Crippen molar-refractivity contribution in [3.8, 4) is 0 Å². The van der Waals surface area contributed by atoms with Crippen molar-refractivity contribution >= 4 is 5.91 Å². The maximum absolute atomic E-state index is 12.6. The Morgan fingerprint density at radius 3 is 2.12 bits per heavy atom. The summed E-state index contributed by atoms with van der Waals surface area (Å²) in [4.78, 5) is 17.4. The van der Waals surface area contributed by atoms with E-state index in [1.165, 1.54) is 5.56 Å². The van der Waals surface area contributed by atoms with Crippen LogP contribution in [0.1, 0.15) is 31.0 Å². The van der Waals surface area contributed by atoms with Crippen molar-refractivity contribution in [2.24, 2.45) is 0 Å². The molecule has 1 heterocycles. The van der Waals surface area contributed by atoms with Gasteiger partial charge in [0.25, 0.3) is 0 Å². The predicted molar refractivity (Wildman–Crippen MR) is 106 cm³/mol. The highest BCUT2D eigenvalue weighted by Gasteiger charge is 2.26. The highest BCUT2D eigenvalue weighted by Crippen LogP contribution is 2.14. The number of rotatable bonds is 6. The highest BCUT2D eigenvalue weighted by molar-refractivity contribution is 5.81. The molecule has 1 saturated heterocycles. The van der Waals surface area contributed by atoms with Crippen LogP contribution in [0.5, 0.6) is 0 Å². The fraction of sp³-hybridized carbons (Fsp3) is 0.409. The molecule has 2 atom stereocenters. The lowest BCUT2D eigenvalue weighted by atomic mass is 10.1. The van der Waals surface area contributed by atoms with Gasteiger partial charge in [-0.25, -0.2) is 0 Å². The van der Waals surface area contributed by atoms with Gasteiger partial charge < -0.3 is 5.32 Å². The minimum atomic E-state index is -0.0972. The molecule has 0 unspecified atom stereocenters. The van der Waals surface area contributed by atoms with Crippen molar-refractivity contribution in [3.63, 3.8) is 0 Å². The lowest BCUT2D eigenvalue weighted by molar-refractivity contribution is -0.127. The summed E-state index contributed by atoms with van der Waals surface area (Å²) in [6.45, 7) is 8.90. The summed E-state index contributed by atoms with van der Waals surface area (Å²) >= 11 is 0. The molecule has 0 aromatic heterocycles. The Morgan fingerprint density at radius 1 is 0.923 bits per heavy atom. The summed E-state index contributed by atoms with van der Waals surface area (Å²) in [5.74, 6) is 0.109. The first-order chi connectivity index (χ1) is 12.6. The first-order valence-electron chi connectivity index (χ1n) is 9.49. The van der Waals surface area contributed by atoms with Crippen LogP contribution >= 0.6 is 0 Å². The summed E-state index contributed by atoms with van der Waals surface area (Å²) in [6.07, 6.45) is 0. The van der Waals surface area contributed by atoms with Crippen LogP contribution in [-0.4, -0.2) is 47.9 Å². The highest BCUT2D eigenvalue weighted by atomic mass is 16.2. The van der Waals surface area contributed by atoms with Crippen molar-refractivity contribution in [2.75, 3.05) is 26.2 Å². The third-order valence-corrected chi connectivity index (χ3v) is 5.24. The second-order valence-electron chi connectivity index (χ2n) is 7.11. The average molecular weight is 351 g/mol. The molecule has 3 rings (SSSR count). The molecule has 138 valence electrons. The Morgan fingerprint density at radius 2 is 1.50 bits per heavy atom. The predicted octanol–water partition coefficient (Wildman–Crippen LogP) is 3.07. The third kappa shape index (κ3) is 4.93. The maximum Gasteiger partial charge on any atom is 0.237 e. The second kappa shape index (κ2) is 8.97. The topological polar surface area (TPSA) is 35.6 Å². The fourth-order valence-electron chi connectivity index (χ4n) is 3.48. The van der Waals surface area contributed by atoms with Gasteiger partial charge in [0.05, 0.1) is 12.1 Å². The molecule has 1 N–H and O–H groups in total. The van der Waals surface area contributed by atoms with Crippen LogP contribution in [0.15, 0.2) is 60.7 Å². The molecule has 0 bridgehead atoms. The number of piperazine rings is 1. The molecule has 0 radical (unpaired) electrons. The summed E-state index contributed by atoms with van der Waals surface area (Å²) < 4.78 is 0. The van der Waals surface area contributed by atoms with Gasteiger partial charge in [0.2, 0.25) is 5.91 Å². The molecule has 1 amide bonds. The van der Waals surface area contributed by atoms with Crippen molar-refractivity contribution in [1.82, 2.24) is 15.1 Å². The van der Waals surface area contributed by atoms with E-state index >= 15 is 0 Å². The Bertz CT molecular complexity index is 681. The number of carbonyl (C=O) groups is 1. The molecule has 2 aromatic carbocycles. The number of benzene rings is 2. The van der Waals surface area contributed by atoms with Gasteiger partial charge in [-0.3, -0.25) is 14.6 Å². The Labute approximate surface area is 156 Å². The molecule has 1 fully saturated rings. The molecular formula is C22H29N3O. The van der Waals surface area contributed by atoms with Crippen LogP contribution in [-0.2, 0) is 11.3 Å². The van der Waals surface area contributed by atoms with E-state index in [2.05, 4.69) is 57.6 Å². The molecule has 26 heavy (non-hydrogen) atoms. The SMILES string of the molecule is C[C@H](NC(=O)[C@H](C)N1CCN(Cc2ccccc2)CC1)c1ccccc1. The number of carbonyl (C=O) groups excluding carboxylic acids is 1. The van der Waals surface area contributed by atoms with Crippen molar-refractivity contribution in [1.29, 1.82) is 0 Å². The Kier molecular flexibility index (Phi) is 6.42. The third-order valence-electron chi connectivity index (χ3n) is 5.24. The van der Waals surface area contributed by atoms with Gasteiger partial charge in [0, 0.05) is 32.7 Å². The minimum Gasteiger partial charge on any atom is -0.348 e. The van der Waals surface area contributed by atoms with E-state index in [0.717, 1.165) is 38.3 Å². The minimum absolute atomic E-state index is 0.0329. The van der Waals surface area contributed by atoms with E-state index < -0.39 is 0 Å². The smallest absolute Gasteiger partial charge is 0.237 e. The normalized spacial score (nSPS) is 18.2. The van der Waals surface area contributed by atoms with Gasteiger partial charge in [-0.2, -0.15) is 0 Å². The zero-order valence-corrected chi connectivity index (χ0v) is 15.8. The second-order valence-corrected chi connectivity index (χ2v) is 7.11. The number of nitrogens with one attached hydrogen (secondary N) is 1. The summed E-state index contributed by atoms with van der Waals surface area (Å²) in [7, 11) is 0. The summed E-state index contributed by atoms with van der Waals surface area (Å²) in [5, 5.41) is 3.15. The van der Waals surface area contributed by atoms with Gasteiger partial charge in [-0.05, 0) is 25.0 Å². The van der Waals surface area contributed by atoms with Gasteiger partial charge in [-0.1, -0.05) is 60.7 Å². The molecule has 1 aliphatic rings. The average Bonchev–Trinajstić information content (AvgIpc) is 2.69. The first-order valence-corrected chi connectivity index (χ1v) is 9.49. The fourth-order valence-corrected chi connectivity index (χ4v) is 3.48. The van der Waals surface area contributed by atoms with Gasteiger partial charge in [0.1, 0.15) is 0 Å².